The quantitative estimate of drug-likeness (QED) is 0.279. The van der Waals surface area contributed by atoms with E-state index in [-0.39, 0.29) is 12.0 Å². The molecule has 0 amide bonds. The summed E-state index contributed by atoms with van der Waals surface area (Å²) in [5.41, 5.74) is 7.15. The van der Waals surface area contributed by atoms with Crippen molar-refractivity contribution in [1.82, 2.24) is 20.4 Å². The van der Waals surface area contributed by atoms with Crippen LogP contribution in [0.25, 0.3) is 0 Å². The van der Waals surface area contributed by atoms with Crippen molar-refractivity contribution in [2.75, 3.05) is 45.8 Å². The second kappa shape index (κ2) is 14.0. The smallest absolute Gasteiger partial charge is 0.121 e. The molecule has 3 unspecified atom stereocenters. The van der Waals surface area contributed by atoms with Crippen molar-refractivity contribution >= 4 is 0 Å². The zero-order chi connectivity index (χ0) is 23.5. The van der Waals surface area contributed by atoms with Gasteiger partial charge in [-0.25, -0.2) is 0 Å². The van der Waals surface area contributed by atoms with Crippen molar-refractivity contribution in [3.05, 3.63) is 24.0 Å². The van der Waals surface area contributed by atoms with Crippen molar-refractivity contribution in [2.45, 2.75) is 70.6 Å². The molecule has 1 heterocycles. The molecule has 3 rings (SSSR count). The molecule has 186 valence electrons. The average molecular weight is 459 g/mol. The molecule has 2 fully saturated rings. The van der Waals surface area contributed by atoms with Crippen molar-refractivity contribution in [1.29, 1.82) is 5.26 Å². The maximum absolute atomic E-state index is 10.8. The van der Waals surface area contributed by atoms with Crippen LogP contribution in [0.2, 0.25) is 0 Å². The van der Waals surface area contributed by atoms with E-state index in [1.807, 2.05) is 0 Å². The molecule has 2 aliphatic carbocycles. The predicted molar refractivity (Wildman–Crippen MR) is 134 cm³/mol. The largest absolute Gasteiger partial charge is 0.403 e. The minimum atomic E-state index is -0.561. The third-order valence-corrected chi connectivity index (χ3v) is 7.79. The Morgan fingerprint density at radius 3 is 2.79 bits per heavy atom. The number of nitrogens with two attached hydrogens (primary N) is 1. The molecular weight excluding hydrogens is 412 g/mol. The highest BCUT2D eigenvalue weighted by molar-refractivity contribution is 5.01. The fraction of sp³-hybridized carbons (Fsp3) is 0.808. The molecule has 5 N–H and O–H groups in total. The molecule has 0 radical (unpaired) electrons. The molecule has 0 aromatic heterocycles. The summed E-state index contributed by atoms with van der Waals surface area (Å²) in [6.07, 6.45) is 14.6. The summed E-state index contributed by atoms with van der Waals surface area (Å²) in [5, 5.41) is 26.7. The van der Waals surface area contributed by atoms with Crippen LogP contribution >= 0.6 is 0 Å². The number of piperazine rings is 1. The topological polar surface area (TPSA) is 101 Å². The zero-order valence-corrected chi connectivity index (χ0v) is 20.6. The van der Waals surface area contributed by atoms with Gasteiger partial charge in [0.05, 0.1) is 12.1 Å². The van der Waals surface area contributed by atoms with Crippen LogP contribution in [0, 0.1) is 29.1 Å². The Morgan fingerprint density at radius 2 is 2.12 bits per heavy atom. The van der Waals surface area contributed by atoms with Crippen molar-refractivity contribution in [2.24, 2.45) is 23.5 Å². The highest BCUT2D eigenvalue weighted by atomic mass is 16.3. The summed E-state index contributed by atoms with van der Waals surface area (Å²) in [5.74, 6) is 1.64. The Kier molecular flexibility index (Phi) is 11.0. The first-order valence-corrected chi connectivity index (χ1v) is 13.2. The molecule has 1 saturated heterocycles. The summed E-state index contributed by atoms with van der Waals surface area (Å²) in [4.78, 5) is 4.89. The van der Waals surface area contributed by atoms with Gasteiger partial charge in [-0.15, -0.1) is 0 Å². The van der Waals surface area contributed by atoms with E-state index in [1.54, 1.807) is 6.20 Å². The van der Waals surface area contributed by atoms with E-state index in [0.717, 1.165) is 83.0 Å². The molecule has 0 spiro atoms. The zero-order valence-electron chi connectivity index (χ0n) is 20.6. The maximum atomic E-state index is 10.8. The lowest BCUT2D eigenvalue weighted by Gasteiger charge is -2.38. The number of nitriles is 1. The fourth-order valence-corrected chi connectivity index (χ4v) is 5.68. The monoisotopic (exact) mass is 458 g/mol. The van der Waals surface area contributed by atoms with E-state index in [2.05, 4.69) is 45.6 Å². The van der Waals surface area contributed by atoms with E-state index < -0.39 is 6.23 Å². The van der Waals surface area contributed by atoms with E-state index in [0.29, 0.717) is 12.5 Å². The van der Waals surface area contributed by atoms with Gasteiger partial charge in [-0.05, 0) is 63.7 Å². The first kappa shape index (κ1) is 26.0. The third-order valence-electron chi connectivity index (χ3n) is 7.79. The standard InChI is InChI=1S/C26H46N6O/c1-2-32(19-23-10-8-21(16-27)9-11-23)24(17-28)12-13-30-26(33)25-20-31(15-14-29-25)18-22-6-4-3-5-7-22/h3-4,17,21-23,25-26,29-30,33H,2,5-15,18-20,28H2,1H3/b24-17-. The maximum Gasteiger partial charge on any atom is 0.121 e. The van der Waals surface area contributed by atoms with Gasteiger partial charge in [0.25, 0.3) is 0 Å². The first-order valence-electron chi connectivity index (χ1n) is 13.2. The molecule has 33 heavy (non-hydrogen) atoms. The lowest BCUT2D eigenvalue weighted by atomic mass is 9.82. The van der Waals surface area contributed by atoms with Gasteiger partial charge in [0.2, 0.25) is 0 Å². The van der Waals surface area contributed by atoms with E-state index in [1.165, 1.54) is 19.3 Å². The molecule has 7 nitrogen and oxygen atoms in total. The summed E-state index contributed by atoms with van der Waals surface area (Å²) < 4.78 is 0. The normalized spacial score (nSPS) is 30.0. The van der Waals surface area contributed by atoms with Crippen LogP contribution in [0.1, 0.15) is 58.3 Å². The van der Waals surface area contributed by atoms with Gasteiger partial charge in [-0.1, -0.05) is 12.2 Å². The highest BCUT2D eigenvalue weighted by Gasteiger charge is 2.27. The summed E-state index contributed by atoms with van der Waals surface area (Å²) >= 11 is 0. The molecule has 3 aliphatic rings. The minimum absolute atomic E-state index is 0.0563. The third kappa shape index (κ3) is 8.29. The minimum Gasteiger partial charge on any atom is -0.403 e. The summed E-state index contributed by atoms with van der Waals surface area (Å²) in [6, 6.07) is 2.48. The van der Waals surface area contributed by atoms with Crippen molar-refractivity contribution in [3.8, 4) is 6.07 Å². The second-order valence-corrected chi connectivity index (χ2v) is 10.2. The van der Waals surface area contributed by atoms with Crippen LogP contribution < -0.4 is 16.4 Å². The van der Waals surface area contributed by atoms with Gasteiger partial charge in [0.15, 0.2) is 0 Å². The molecule has 1 saturated carbocycles. The van der Waals surface area contributed by atoms with Gasteiger partial charge < -0.3 is 26.0 Å². The van der Waals surface area contributed by atoms with Gasteiger partial charge in [-0.3, -0.25) is 5.32 Å². The van der Waals surface area contributed by atoms with E-state index in [9.17, 15) is 5.11 Å². The fourth-order valence-electron chi connectivity index (χ4n) is 5.68. The van der Waals surface area contributed by atoms with E-state index in [4.69, 9.17) is 11.0 Å². The van der Waals surface area contributed by atoms with Crippen molar-refractivity contribution in [3.63, 3.8) is 0 Å². The molecule has 0 aromatic rings. The van der Waals surface area contributed by atoms with Gasteiger partial charge >= 0.3 is 0 Å². The van der Waals surface area contributed by atoms with E-state index >= 15 is 0 Å². The summed E-state index contributed by atoms with van der Waals surface area (Å²) in [6.45, 7) is 8.83. The SMILES string of the molecule is CCN(CC1CCC(C#N)CC1)/C(=C\N)CCNC(O)C1CN(CC2CC=CCC2)CCN1. The first-order chi connectivity index (χ1) is 16.1. The molecule has 0 aromatic carbocycles. The Morgan fingerprint density at radius 1 is 1.30 bits per heavy atom. The Hall–Kier alpha value is -1.59. The number of rotatable bonds is 11. The highest BCUT2D eigenvalue weighted by Crippen LogP contribution is 2.29. The summed E-state index contributed by atoms with van der Waals surface area (Å²) in [7, 11) is 0. The van der Waals surface area contributed by atoms with Gasteiger partial charge in [0.1, 0.15) is 6.23 Å². The van der Waals surface area contributed by atoms with Gasteiger partial charge in [0, 0.05) is 70.0 Å². The van der Waals surface area contributed by atoms with Crippen LogP contribution in [0.5, 0.6) is 0 Å². The number of hydrogen-bond donors (Lipinski definition) is 4. The number of hydrogen-bond acceptors (Lipinski definition) is 7. The van der Waals surface area contributed by atoms with Crippen LogP contribution in [-0.4, -0.2) is 73.0 Å². The predicted octanol–water partition coefficient (Wildman–Crippen LogP) is 2.37. The molecular formula is C26H46N6O. The molecule has 1 aliphatic heterocycles. The number of allylic oxidation sites excluding steroid dienone is 2. The molecule has 3 atom stereocenters. The molecule has 0 bridgehead atoms. The molecule has 7 heteroatoms. The van der Waals surface area contributed by atoms with Gasteiger partial charge in [-0.2, -0.15) is 5.26 Å². The number of aliphatic hydroxyl groups excluding tert-OH is 1. The number of nitrogens with one attached hydrogen (secondary N) is 2. The van der Waals surface area contributed by atoms with Crippen molar-refractivity contribution < 1.29 is 5.11 Å². The Balaban J connectivity index is 1.39. The Labute approximate surface area is 201 Å². The average Bonchev–Trinajstić information content (AvgIpc) is 2.86. The number of nitrogens with zero attached hydrogens (tertiary/aromatic N) is 3. The number of aliphatic hydroxyl groups is 1. The lowest BCUT2D eigenvalue weighted by Crippen LogP contribution is -2.59. The Bertz CT molecular complexity index is 666. The lowest BCUT2D eigenvalue weighted by molar-refractivity contribution is 0.0510. The van der Waals surface area contributed by atoms with Crippen LogP contribution in [0.4, 0.5) is 0 Å². The van der Waals surface area contributed by atoms with Crippen LogP contribution in [-0.2, 0) is 0 Å². The van der Waals surface area contributed by atoms with Crippen LogP contribution in [0.15, 0.2) is 24.0 Å². The second-order valence-electron chi connectivity index (χ2n) is 10.2. The van der Waals surface area contributed by atoms with Crippen LogP contribution in [0.3, 0.4) is 0 Å².